The summed E-state index contributed by atoms with van der Waals surface area (Å²) in [6, 6.07) is 11.8. The van der Waals surface area contributed by atoms with Crippen LogP contribution in [0.25, 0.3) is 11.4 Å². The Labute approximate surface area is 167 Å². The van der Waals surface area contributed by atoms with Crippen LogP contribution >= 0.6 is 35.2 Å². The van der Waals surface area contributed by atoms with Gasteiger partial charge in [-0.15, -0.1) is 11.3 Å². The molecule has 3 rings (SSSR count). The predicted molar refractivity (Wildman–Crippen MR) is 109 cm³/mol. The zero-order valence-electron chi connectivity index (χ0n) is 15.0. The minimum absolute atomic E-state index is 0.634. The lowest BCUT2D eigenvalue weighted by atomic mass is 10.2. The Bertz CT molecular complexity index is 930. The van der Waals surface area contributed by atoms with Gasteiger partial charge in [0.15, 0.2) is 10.6 Å². The Morgan fingerprint density at radius 3 is 2.54 bits per heavy atom. The van der Waals surface area contributed by atoms with Crippen LogP contribution in [0.5, 0.6) is 5.75 Å². The molecule has 3 aromatic rings. The summed E-state index contributed by atoms with van der Waals surface area (Å²) in [5.41, 5.74) is 1.01. The first-order valence-corrected chi connectivity index (χ1v) is 9.87. The number of nitrogens with zero attached hydrogens (tertiary/aromatic N) is 4. The van der Waals surface area contributed by atoms with Gasteiger partial charge in [-0.25, -0.2) is 4.68 Å². The Morgan fingerprint density at radius 1 is 1.23 bits per heavy atom. The van der Waals surface area contributed by atoms with Crippen LogP contribution in [0.2, 0.25) is 4.34 Å². The van der Waals surface area contributed by atoms with E-state index < -0.39 is 0 Å². The number of rotatable bonds is 7. The highest BCUT2D eigenvalue weighted by Crippen LogP contribution is 2.24. The van der Waals surface area contributed by atoms with Crippen molar-refractivity contribution >= 4 is 35.2 Å². The van der Waals surface area contributed by atoms with Crippen LogP contribution in [0.15, 0.2) is 36.4 Å². The van der Waals surface area contributed by atoms with Crippen LogP contribution in [0.1, 0.15) is 11.8 Å². The van der Waals surface area contributed by atoms with Crippen molar-refractivity contribution in [2.45, 2.75) is 20.1 Å². The zero-order chi connectivity index (χ0) is 18.7. The summed E-state index contributed by atoms with van der Waals surface area (Å²) in [4.78, 5) is 3.51. The highest BCUT2D eigenvalue weighted by Gasteiger charge is 2.13. The molecule has 0 spiro atoms. The van der Waals surface area contributed by atoms with Crippen molar-refractivity contribution in [3.63, 3.8) is 0 Å². The predicted octanol–water partition coefficient (Wildman–Crippen LogP) is 4.82. The Balaban J connectivity index is 1.82. The first kappa shape index (κ1) is 19.1. The van der Waals surface area contributed by atoms with Crippen molar-refractivity contribution in [1.82, 2.24) is 19.2 Å². The van der Waals surface area contributed by atoms with Crippen molar-refractivity contribution in [3.8, 4) is 17.1 Å². The number of hydrogen-bond acceptors (Lipinski definition) is 5. The molecule has 0 unspecified atom stereocenters. The summed E-state index contributed by atoms with van der Waals surface area (Å²) in [5.74, 6) is 1.66. The number of thiophene rings is 1. The molecule has 0 saturated carbocycles. The Kier molecular flexibility index (Phi) is 6.13. The summed E-state index contributed by atoms with van der Waals surface area (Å²) >= 11 is 13.2. The third kappa shape index (κ3) is 4.17. The van der Waals surface area contributed by atoms with Crippen molar-refractivity contribution in [3.05, 3.63) is 50.4 Å². The lowest BCUT2D eigenvalue weighted by Crippen LogP contribution is -2.26. The SMILES string of the molecule is CCN(Cc1ccc(Cl)s1)Cn1nc(-c2ccc(OC)cc2)n(C)c1=S. The fraction of sp³-hybridized carbons (Fsp3) is 0.333. The maximum absolute atomic E-state index is 6.04. The van der Waals surface area contributed by atoms with E-state index in [-0.39, 0.29) is 0 Å². The Hall–Kier alpha value is -1.67. The third-order valence-electron chi connectivity index (χ3n) is 4.18. The molecular formula is C18H21ClN4OS2. The summed E-state index contributed by atoms with van der Waals surface area (Å²) < 4.78 is 10.5. The molecule has 2 heterocycles. The molecule has 138 valence electrons. The highest BCUT2D eigenvalue weighted by molar-refractivity contribution is 7.71. The summed E-state index contributed by atoms with van der Waals surface area (Å²) in [7, 11) is 3.60. The normalized spacial score (nSPS) is 11.3. The molecule has 0 radical (unpaired) electrons. The lowest BCUT2D eigenvalue weighted by molar-refractivity contribution is 0.209. The second kappa shape index (κ2) is 8.35. The maximum atomic E-state index is 6.04. The monoisotopic (exact) mass is 408 g/mol. The molecule has 0 atom stereocenters. The van der Waals surface area contributed by atoms with Gasteiger partial charge in [0, 0.05) is 24.0 Å². The van der Waals surface area contributed by atoms with E-state index >= 15 is 0 Å². The van der Waals surface area contributed by atoms with Gasteiger partial charge in [0.1, 0.15) is 5.75 Å². The molecule has 1 aromatic carbocycles. The molecule has 26 heavy (non-hydrogen) atoms. The number of hydrogen-bond donors (Lipinski definition) is 0. The van der Waals surface area contributed by atoms with Crippen LogP contribution in [-0.2, 0) is 20.3 Å². The average molecular weight is 409 g/mol. The molecule has 0 amide bonds. The molecule has 2 aromatic heterocycles. The quantitative estimate of drug-likeness (QED) is 0.525. The summed E-state index contributed by atoms with van der Waals surface area (Å²) in [6.07, 6.45) is 0. The number of benzene rings is 1. The molecule has 0 saturated heterocycles. The van der Waals surface area contributed by atoms with Crippen LogP contribution in [-0.4, -0.2) is 32.9 Å². The molecule has 0 aliphatic carbocycles. The minimum Gasteiger partial charge on any atom is -0.497 e. The molecule has 0 bridgehead atoms. The van der Waals surface area contributed by atoms with E-state index in [1.165, 1.54) is 4.88 Å². The summed E-state index contributed by atoms with van der Waals surface area (Å²) in [6.45, 7) is 4.48. The molecule has 0 fully saturated rings. The van der Waals surface area contributed by atoms with Gasteiger partial charge in [-0.3, -0.25) is 4.90 Å². The first-order valence-electron chi connectivity index (χ1n) is 8.26. The second-order valence-corrected chi connectivity index (χ2v) is 8.05. The largest absolute Gasteiger partial charge is 0.497 e. The van der Waals surface area contributed by atoms with E-state index in [0.29, 0.717) is 11.4 Å². The second-order valence-electron chi connectivity index (χ2n) is 5.89. The van der Waals surface area contributed by atoms with Crippen molar-refractivity contribution < 1.29 is 4.74 Å². The molecular weight excluding hydrogens is 388 g/mol. The van der Waals surface area contributed by atoms with Crippen molar-refractivity contribution in [2.24, 2.45) is 7.05 Å². The van der Waals surface area contributed by atoms with Gasteiger partial charge in [0.2, 0.25) is 0 Å². The van der Waals surface area contributed by atoms with Crippen LogP contribution < -0.4 is 4.74 Å². The third-order valence-corrected chi connectivity index (χ3v) is 5.88. The van der Waals surface area contributed by atoms with E-state index in [1.54, 1.807) is 18.4 Å². The van der Waals surface area contributed by atoms with Gasteiger partial charge in [-0.1, -0.05) is 18.5 Å². The standard InChI is InChI=1S/C18H21ClN4OS2/c1-4-22(11-15-9-10-16(19)26-15)12-23-18(25)21(2)17(20-23)13-5-7-14(24-3)8-6-13/h5-10H,4,11-12H2,1-3H3. The van der Waals surface area contributed by atoms with Crippen LogP contribution in [0.3, 0.4) is 0 Å². The Morgan fingerprint density at radius 2 is 1.96 bits per heavy atom. The number of ether oxygens (including phenoxy) is 1. The van der Waals surface area contributed by atoms with Crippen molar-refractivity contribution in [2.75, 3.05) is 13.7 Å². The smallest absolute Gasteiger partial charge is 0.199 e. The van der Waals surface area contributed by atoms with Gasteiger partial charge in [0.25, 0.3) is 0 Å². The fourth-order valence-electron chi connectivity index (χ4n) is 2.68. The highest BCUT2D eigenvalue weighted by atomic mass is 35.5. The molecule has 8 heteroatoms. The van der Waals surface area contributed by atoms with Crippen LogP contribution in [0.4, 0.5) is 0 Å². The zero-order valence-corrected chi connectivity index (χ0v) is 17.4. The molecule has 5 nitrogen and oxygen atoms in total. The molecule has 0 N–H and O–H groups in total. The van der Waals surface area contributed by atoms with E-state index in [2.05, 4.69) is 17.9 Å². The van der Waals surface area contributed by atoms with Crippen molar-refractivity contribution in [1.29, 1.82) is 0 Å². The van der Waals surface area contributed by atoms with E-state index in [1.807, 2.05) is 46.6 Å². The number of halogens is 1. The molecule has 0 aliphatic heterocycles. The van der Waals surface area contributed by atoms with E-state index in [9.17, 15) is 0 Å². The maximum Gasteiger partial charge on any atom is 0.199 e. The van der Waals surface area contributed by atoms with Gasteiger partial charge in [0.05, 0.1) is 18.1 Å². The summed E-state index contributed by atoms with van der Waals surface area (Å²) in [5, 5.41) is 4.74. The number of methoxy groups -OCH3 is 1. The van der Waals surface area contributed by atoms with Gasteiger partial charge in [-0.05, 0) is 55.2 Å². The van der Waals surface area contributed by atoms with Gasteiger partial charge < -0.3 is 9.30 Å². The molecule has 0 aliphatic rings. The topological polar surface area (TPSA) is 35.2 Å². The van der Waals surface area contributed by atoms with Crippen LogP contribution in [0, 0.1) is 4.77 Å². The lowest BCUT2D eigenvalue weighted by Gasteiger charge is -2.19. The van der Waals surface area contributed by atoms with E-state index in [0.717, 1.165) is 34.6 Å². The minimum atomic E-state index is 0.634. The fourth-order valence-corrected chi connectivity index (χ4v) is 3.99. The van der Waals surface area contributed by atoms with Gasteiger partial charge >= 0.3 is 0 Å². The number of aromatic nitrogens is 3. The average Bonchev–Trinajstić information content (AvgIpc) is 3.19. The van der Waals surface area contributed by atoms with Gasteiger partial charge in [-0.2, -0.15) is 5.10 Å². The first-order chi connectivity index (χ1) is 12.5. The van der Waals surface area contributed by atoms with E-state index in [4.69, 9.17) is 33.7 Å².